The minimum Gasteiger partial charge on any atom is -0.484 e. The van der Waals surface area contributed by atoms with Gasteiger partial charge in [-0.25, -0.2) is 10.2 Å². The van der Waals surface area contributed by atoms with Gasteiger partial charge in [0.05, 0.1) is 16.7 Å². The zero-order chi connectivity index (χ0) is 23.8. The maximum atomic E-state index is 12.4. The highest BCUT2D eigenvalue weighted by atomic mass is 79.9. The number of halogens is 2. The van der Waals surface area contributed by atoms with E-state index in [-0.39, 0.29) is 18.0 Å². The number of nitrogens with zero attached hydrogens (tertiary/aromatic N) is 2. The first-order chi connectivity index (χ1) is 15.8. The third-order valence-electron chi connectivity index (χ3n) is 4.06. The number of hydrogen-bond acceptors (Lipinski definition) is 7. The SMILES string of the molecule is O=C(COc1ccc([N+](=O)[O-])cc1)NN=Cc1cc(Br)ccc1OC(=O)c1ccc(Cl)cc1. The molecule has 0 aromatic heterocycles. The molecule has 3 rings (SSSR count). The minimum absolute atomic E-state index is 0.0852. The van der Waals surface area contributed by atoms with Crippen molar-refractivity contribution in [2.24, 2.45) is 5.10 Å². The Bertz CT molecular complexity index is 1200. The lowest BCUT2D eigenvalue weighted by Crippen LogP contribution is -2.24. The highest BCUT2D eigenvalue weighted by molar-refractivity contribution is 9.10. The van der Waals surface area contributed by atoms with Crippen LogP contribution in [0.15, 0.2) is 76.3 Å². The van der Waals surface area contributed by atoms with Crippen molar-refractivity contribution in [2.45, 2.75) is 0 Å². The first-order valence-corrected chi connectivity index (χ1v) is 10.5. The number of rotatable bonds is 8. The average molecular weight is 533 g/mol. The van der Waals surface area contributed by atoms with E-state index < -0.39 is 16.8 Å². The summed E-state index contributed by atoms with van der Waals surface area (Å²) in [5.41, 5.74) is 2.97. The van der Waals surface area contributed by atoms with Gasteiger partial charge in [-0.3, -0.25) is 14.9 Å². The summed E-state index contributed by atoms with van der Waals surface area (Å²) in [6.07, 6.45) is 1.32. The van der Waals surface area contributed by atoms with Crippen molar-refractivity contribution in [1.82, 2.24) is 5.43 Å². The molecule has 0 atom stereocenters. The number of nitro benzene ring substituents is 1. The molecule has 0 radical (unpaired) electrons. The van der Waals surface area contributed by atoms with Crippen LogP contribution in [0, 0.1) is 10.1 Å². The fourth-order valence-corrected chi connectivity index (χ4v) is 2.98. The number of nitro groups is 1. The van der Waals surface area contributed by atoms with Gasteiger partial charge in [-0.15, -0.1) is 0 Å². The van der Waals surface area contributed by atoms with E-state index >= 15 is 0 Å². The summed E-state index contributed by atoms with van der Waals surface area (Å²) in [6, 6.07) is 16.5. The number of esters is 1. The van der Waals surface area contributed by atoms with Crippen molar-refractivity contribution in [2.75, 3.05) is 6.61 Å². The highest BCUT2D eigenvalue weighted by Gasteiger charge is 2.12. The predicted octanol–water partition coefficient (Wildman–Crippen LogP) is 4.76. The summed E-state index contributed by atoms with van der Waals surface area (Å²) >= 11 is 9.17. The van der Waals surface area contributed by atoms with Crippen LogP contribution in [0.1, 0.15) is 15.9 Å². The smallest absolute Gasteiger partial charge is 0.343 e. The van der Waals surface area contributed by atoms with Crippen LogP contribution < -0.4 is 14.9 Å². The third-order valence-corrected chi connectivity index (χ3v) is 4.81. The van der Waals surface area contributed by atoms with Crippen molar-refractivity contribution in [1.29, 1.82) is 0 Å². The minimum atomic E-state index is -0.579. The Hall–Kier alpha value is -3.76. The van der Waals surface area contributed by atoms with Gasteiger partial charge >= 0.3 is 5.97 Å². The third kappa shape index (κ3) is 7.13. The van der Waals surface area contributed by atoms with Crippen LogP contribution in [0.2, 0.25) is 5.02 Å². The molecule has 9 nitrogen and oxygen atoms in total. The second-order valence-electron chi connectivity index (χ2n) is 6.41. The first-order valence-electron chi connectivity index (χ1n) is 9.28. The first kappa shape index (κ1) is 23.9. The van der Waals surface area contributed by atoms with Gasteiger partial charge in [0.15, 0.2) is 6.61 Å². The van der Waals surface area contributed by atoms with Crippen molar-refractivity contribution in [3.05, 3.63) is 97.5 Å². The maximum Gasteiger partial charge on any atom is 0.343 e. The summed E-state index contributed by atoms with van der Waals surface area (Å²) in [7, 11) is 0. The van der Waals surface area contributed by atoms with Gasteiger partial charge in [-0.1, -0.05) is 27.5 Å². The lowest BCUT2D eigenvalue weighted by molar-refractivity contribution is -0.384. The molecule has 1 amide bonds. The van der Waals surface area contributed by atoms with Crippen LogP contribution in [-0.2, 0) is 4.79 Å². The molecule has 0 aliphatic heterocycles. The van der Waals surface area contributed by atoms with E-state index in [1.807, 2.05) is 0 Å². The molecule has 3 aromatic carbocycles. The summed E-state index contributed by atoms with van der Waals surface area (Å²) in [6.45, 7) is -0.355. The summed E-state index contributed by atoms with van der Waals surface area (Å²) < 4.78 is 11.4. The van der Waals surface area contributed by atoms with E-state index in [4.69, 9.17) is 21.1 Å². The average Bonchev–Trinajstić information content (AvgIpc) is 2.80. The molecule has 33 heavy (non-hydrogen) atoms. The predicted molar refractivity (Wildman–Crippen MR) is 125 cm³/mol. The molecule has 168 valence electrons. The molecule has 0 saturated heterocycles. The van der Waals surface area contributed by atoms with Crippen molar-refractivity contribution >= 4 is 51.3 Å². The van der Waals surface area contributed by atoms with Crippen molar-refractivity contribution in [3.63, 3.8) is 0 Å². The Labute approximate surface area is 201 Å². The molecular weight excluding hydrogens is 518 g/mol. The molecule has 11 heteroatoms. The molecule has 0 saturated carbocycles. The van der Waals surface area contributed by atoms with Crippen LogP contribution in [0.5, 0.6) is 11.5 Å². The Balaban J connectivity index is 1.59. The molecule has 0 spiro atoms. The Kier molecular flexibility index (Phi) is 8.11. The van der Waals surface area contributed by atoms with Gasteiger partial charge in [0, 0.05) is 27.2 Å². The van der Waals surface area contributed by atoms with Crippen molar-refractivity contribution in [3.8, 4) is 11.5 Å². The zero-order valence-corrected chi connectivity index (χ0v) is 19.1. The molecule has 0 fully saturated rings. The van der Waals surface area contributed by atoms with Gasteiger partial charge in [0.25, 0.3) is 11.6 Å². The van der Waals surface area contributed by atoms with Crippen LogP contribution >= 0.6 is 27.5 Å². The summed E-state index contributed by atoms with van der Waals surface area (Å²) in [5, 5.41) is 15.0. The van der Waals surface area contributed by atoms with E-state index in [1.54, 1.807) is 42.5 Å². The van der Waals surface area contributed by atoms with Gasteiger partial charge < -0.3 is 9.47 Å². The molecule has 0 unspecified atom stereocenters. The lowest BCUT2D eigenvalue weighted by atomic mass is 10.2. The number of hydrazone groups is 1. The summed E-state index contributed by atoms with van der Waals surface area (Å²) in [4.78, 5) is 34.5. The van der Waals surface area contributed by atoms with Crippen LogP contribution in [0.4, 0.5) is 5.69 Å². The molecule has 0 aliphatic carbocycles. The molecule has 0 heterocycles. The standard InChI is InChI=1S/C22H15BrClN3O6/c23-16-3-10-20(33-22(29)14-1-4-17(24)5-2-14)15(11-16)12-25-26-21(28)13-32-19-8-6-18(7-9-19)27(30)31/h1-12H,13H2,(H,26,28). The Morgan fingerprint density at radius 3 is 2.45 bits per heavy atom. The highest BCUT2D eigenvalue weighted by Crippen LogP contribution is 2.23. The largest absolute Gasteiger partial charge is 0.484 e. The fourth-order valence-electron chi connectivity index (χ4n) is 2.48. The normalized spacial score (nSPS) is 10.6. The quantitative estimate of drug-likeness (QED) is 0.147. The number of amides is 1. The number of benzene rings is 3. The van der Waals surface area contributed by atoms with Crippen LogP contribution in [0.3, 0.4) is 0 Å². The molecule has 0 aliphatic rings. The monoisotopic (exact) mass is 531 g/mol. The zero-order valence-electron chi connectivity index (χ0n) is 16.7. The molecular formula is C22H15BrClN3O6. The number of carbonyl (C=O) groups is 2. The molecule has 0 bridgehead atoms. The Morgan fingerprint density at radius 1 is 1.09 bits per heavy atom. The van der Waals surface area contributed by atoms with E-state index in [0.717, 1.165) is 0 Å². The Morgan fingerprint density at radius 2 is 1.79 bits per heavy atom. The van der Waals surface area contributed by atoms with Crippen molar-refractivity contribution < 1.29 is 24.0 Å². The van der Waals surface area contributed by atoms with Gasteiger partial charge in [-0.2, -0.15) is 5.10 Å². The number of hydrogen-bond donors (Lipinski definition) is 1. The van der Waals surface area contributed by atoms with Gasteiger partial charge in [0.1, 0.15) is 11.5 Å². The molecule has 1 N–H and O–H groups in total. The van der Waals surface area contributed by atoms with E-state index in [0.29, 0.717) is 26.4 Å². The topological polar surface area (TPSA) is 120 Å². The fraction of sp³-hybridized carbons (Fsp3) is 0.0455. The number of nitrogens with one attached hydrogen (secondary N) is 1. The van der Waals surface area contributed by atoms with Gasteiger partial charge in [0.2, 0.25) is 0 Å². The number of ether oxygens (including phenoxy) is 2. The summed E-state index contributed by atoms with van der Waals surface area (Å²) in [5.74, 6) is -0.607. The van der Waals surface area contributed by atoms with E-state index in [1.165, 1.54) is 30.5 Å². The second-order valence-corrected chi connectivity index (χ2v) is 7.76. The van der Waals surface area contributed by atoms with E-state index in [2.05, 4.69) is 26.5 Å². The van der Waals surface area contributed by atoms with E-state index in [9.17, 15) is 19.7 Å². The van der Waals surface area contributed by atoms with Crippen LogP contribution in [-0.4, -0.2) is 29.6 Å². The molecule has 3 aromatic rings. The second kappa shape index (κ2) is 11.2. The lowest BCUT2D eigenvalue weighted by Gasteiger charge is -2.08. The van der Waals surface area contributed by atoms with Crippen LogP contribution in [0.25, 0.3) is 0 Å². The maximum absolute atomic E-state index is 12.4. The van der Waals surface area contributed by atoms with Gasteiger partial charge in [-0.05, 0) is 54.6 Å². The number of non-ortho nitro benzene ring substituents is 1. The number of carbonyl (C=O) groups excluding carboxylic acids is 2.